The minimum absolute atomic E-state index is 0.0290. The van der Waals surface area contributed by atoms with E-state index in [2.05, 4.69) is 10.4 Å². The Kier molecular flexibility index (Phi) is 5.08. The Morgan fingerprint density at radius 1 is 1.42 bits per heavy atom. The molecule has 0 aliphatic heterocycles. The number of para-hydroxylation sites is 1. The van der Waals surface area contributed by atoms with E-state index in [0.717, 1.165) is 10.2 Å². The lowest BCUT2D eigenvalue weighted by atomic mass is 9.88. The van der Waals surface area contributed by atoms with Crippen molar-refractivity contribution in [2.75, 3.05) is 5.32 Å². The van der Waals surface area contributed by atoms with Gasteiger partial charge in [0.05, 0.1) is 11.3 Å². The number of hydrogen-bond acceptors (Lipinski definition) is 3. The molecular formula is C18H24FN3O2. The predicted molar refractivity (Wildman–Crippen MR) is 91.6 cm³/mol. The maximum Gasteiger partial charge on any atom is 0.262 e. The number of halogens is 1. The highest BCUT2D eigenvalue weighted by Gasteiger charge is 2.23. The zero-order valence-electron chi connectivity index (χ0n) is 14.7. The molecule has 1 unspecified atom stereocenters. The van der Waals surface area contributed by atoms with Gasteiger partial charge >= 0.3 is 0 Å². The first kappa shape index (κ1) is 18.1. The fourth-order valence-electron chi connectivity index (χ4n) is 2.97. The average molecular weight is 333 g/mol. The average Bonchev–Trinajstić information content (AvgIpc) is 2.70. The van der Waals surface area contributed by atoms with Gasteiger partial charge in [-0.25, -0.2) is 4.68 Å². The van der Waals surface area contributed by atoms with E-state index in [1.807, 2.05) is 25.1 Å². The van der Waals surface area contributed by atoms with Crippen LogP contribution in [-0.2, 0) is 7.05 Å². The van der Waals surface area contributed by atoms with Crippen LogP contribution in [0, 0.1) is 12.9 Å². The van der Waals surface area contributed by atoms with E-state index in [-0.39, 0.29) is 11.5 Å². The van der Waals surface area contributed by atoms with Crippen molar-refractivity contribution in [1.82, 2.24) is 9.78 Å². The number of nitrogens with one attached hydrogen (secondary N) is 1. The lowest BCUT2D eigenvalue weighted by Gasteiger charge is -2.24. The van der Waals surface area contributed by atoms with E-state index in [0.29, 0.717) is 17.8 Å². The monoisotopic (exact) mass is 333 g/mol. The van der Waals surface area contributed by atoms with Gasteiger partial charge < -0.3 is 10.4 Å². The van der Waals surface area contributed by atoms with Crippen molar-refractivity contribution >= 4 is 11.6 Å². The Hall–Kier alpha value is -2.21. The molecular weight excluding hydrogens is 309 g/mol. The molecule has 0 saturated carbocycles. The van der Waals surface area contributed by atoms with Gasteiger partial charge in [-0.05, 0) is 44.7 Å². The molecule has 2 N–H and O–H groups in total. The van der Waals surface area contributed by atoms with Gasteiger partial charge in [0.25, 0.3) is 5.91 Å². The molecule has 1 amide bonds. The zero-order valence-corrected chi connectivity index (χ0v) is 14.7. The number of benzene rings is 1. The highest BCUT2D eigenvalue weighted by atomic mass is 19.1. The fraction of sp³-hybridized carbons (Fsp3) is 0.444. The fourth-order valence-corrected chi connectivity index (χ4v) is 2.97. The summed E-state index contributed by atoms with van der Waals surface area (Å²) in [7, 11) is 1.46. The molecule has 0 saturated heterocycles. The second-order valence-corrected chi connectivity index (χ2v) is 6.83. The summed E-state index contributed by atoms with van der Waals surface area (Å²) in [5, 5.41) is 16.7. The number of amides is 1. The first-order valence-corrected chi connectivity index (χ1v) is 7.92. The summed E-state index contributed by atoms with van der Waals surface area (Å²) in [6, 6.07) is 7.36. The first-order chi connectivity index (χ1) is 11.1. The number of hydrogen-bond donors (Lipinski definition) is 2. The SMILES string of the molecule is Cc1nn(C)c(F)c1C(=O)Nc1ccccc1C(C)CC(C)(C)O. The van der Waals surface area contributed by atoms with Crippen molar-refractivity contribution in [3.8, 4) is 0 Å². The van der Waals surface area contributed by atoms with E-state index >= 15 is 0 Å². The Labute approximate surface area is 141 Å². The van der Waals surface area contributed by atoms with Gasteiger partial charge in [-0.15, -0.1) is 0 Å². The topological polar surface area (TPSA) is 67.2 Å². The molecule has 2 rings (SSSR count). The molecule has 0 fully saturated rings. The maximum absolute atomic E-state index is 14.1. The minimum Gasteiger partial charge on any atom is -0.390 e. The van der Waals surface area contributed by atoms with Crippen LogP contribution >= 0.6 is 0 Å². The van der Waals surface area contributed by atoms with Crippen LogP contribution in [0.1, 0.15) is 54.7 Å². The van der Waals surface area contributed by atoms with E-state index in [4.69, 9.17) is 0 Å². The van der Waals surface area contributed by atoms with Crippen LogP contribution in [0.3, 0.4) is 0 Å². The molecule has 24 heavy (non-hydrogen) atoms. The highest BCUT2D eigenvalue weighted by molar-refractivity contribution is 6.05. The third kappa shape index (κ3) is 4.00. The predicted octanol–water partition coefficient (Wildman–Crippen LogP) is 3.38. The smallest absolute Gasteiger partial charge is 0.262 e. The number of aliphatic hydroxyl groups is 1. The second-order valence-electron chi connectivity index (χ2n) is 6.83. The summed E-state index contributed by atoms with van der Waals surface area (Å²) < 4.78 is 15.1. The number of anilines is 1. The molecule has 0 aliphatic carbocycles. The van der Waals surface area contributed by atoms with Crippen molar-refractivity contribution < 1.29 is 14.3 Å². The first-order valence-electron chi connectivity index (χ1n) is 7.92. The second kappa shape index (κ2) is 6.73. The molecule has 1 aromatic heterocycles. The number of aromatic nitrogens is 2. The summed E-state index contributed by atoms with van der Waals surface area (Å²) >= 11 is 0. The Morgan fingerprint density at radius 3 is 2.58 bits per heavy atom. The zero-order chi connectivity index (χ0) is 18.1. The van der Waals surface area contributed by atoms with Crippen LogP contribution in [0.2, 0.25) is 0 Å². The molecule has 0 aliphatic rings. The van der Waals surface area contributed by atoms with Crippen molar-refractivity contribution in [1.29, 1.82) is 0 Å². The lowest BCUT2D eigenvalue weighted by Crippen LogP contribution is -2.22. The summed E-state index contributed by atoms with van der Waals surface area (Å²) in [5.74, 6) is -1.16. The van der Waals surface area contributed by atoms with Gasteiger partial charge in [0, 0.05) is 12.7 Å². The van der Waals surface area contributed by atoms with Gasteiger partial charge in [0.2, 0.25) is 5.95 Å². The molecule has 2 aromatic rings. The molecule has 5 nitrogen and oxygen atoms in total. The van der Waals surface area contributed by atoms with E-state index < -0.39 is 17.5 Å². The molecule has 130 valence electrons. The van der Waals surface area contributed by atoms with E-state index in [9.17, 15) is 14.3 Å². The largest absolute Gasteiger partial charge is 0.390 e. The van der Waals surface area contributed by atoms with Crippen molar-refractivity contribution in [3.05, 3.63) is 47.0 Å². The summed E-state index contributed by atoms with van der Waals surface area (Å²) in [5.41, 5.74) is 0.983. The normalized spacial score (nSPS) is 13.0. The number of aryl methyl sites for hydroxylation is 2. The molecule has 0 spiro atoms. The van der Waals surface area contributed by atoms with E-state index in [1.54, 1.807) is 26.8 Å². The Balaban J connectivity index is 2.29. The quantitative estimate of drug-likeness (QED) is 0.881. The number of rotatable bonds is 5. The minimum atomic E-state index is -0.817. The van der Waals surface area contributed by atoms with Gasteiger partial charge in [-0.3, -0.25) is 4.79 Å². The molecule has 0 radical (unpaired) electrons. The van der Waals surface area contributed by atoms with Gasteiger partial charge in [-0.1, -0.05) is 25.1 Å². The van der Waals surface area contributed by atoms with Crippen LogP contribution in [-0.4, -0.2) is 26.4 Å². The summed E-state index contributed by atoms with van der Waals surface area (Å²) in [6.45, 7) is 7.08. The lowest BCUT2D eigenvalue weighted by molar-refractivity contribution is 0.0648. The van der Waals surface area contributed by atoms with Gasteiger partial charge in [0.15, 0.2) is 0 Å². The number of carbonyl (C=O) groups excluding carboxylic acids is 1. The Morgan fingerprint density at radius 2 is 2.04 bits per heavy atom. The van der Waals surface area contributed by atoms with Crippen molar-refractivity contribution in [2.24, 2.45) is 7.05 Å². The standard InChI is InChI=1S/C18H24FN3O2/c1-11(10-18(3,4)24)13-8-6-7-9-14(13)20-17(23)15-12(2)21-22(5)16(15)19/h6-9,11,24H,10H2,1-5H3,(H,20,23). The van der Waals surface area contributed by atoms with Crippen LogP contribution in [0.25, 0.3) is 0 Å². The molecule has 0 bridgehead atoms. The molecule has 1 atom stereocenters. The Bertz CT molecular complexity index is 747. The van der Waals surface area contributed by atoms with Crippen molar-refractivity contribution in [2.45, 2.75) is 45.6 Å². The third-order valence-electron chi connectivity index (χ3n) is 3.92. The highest BCUT2D eigenvalue weighted by Crippen LogP contribution is 2.31. The molecule has 1 heterocycles. The van der Waals surface area contributed by atoms with Gasteiger partial charge in [0.1, 0.15) is 5.56 Å². The summed E-state index contributed by atoms with van der Waals surface area (Å²) in [4.78, 5) is 12.5. The van der Waals surface area contributed by atoms with Crippen LogP contribution < -0.4 is 5.32 Å². The molecule has 6 heteroatoms. The summed E-state index contributed by atoms with van der Waals surface area (Å²) in [6.07, 6.45) is 0.542. The molecule has 1 aromatic carbocycles. The van der Waals surface area contributed by atoms with E-state index in [1.165, 1.54) is 7.05 Å². The van der Waals surface area contributed by atoms with Gasteiger partial charge in [-0.2, -0.15) is 9.49 Å². The number of nitrogens with zero attached hydrogens (tertiary/aromatic N) is 2. The third-order valence-corrected chi connectivity index (χ3v) is 3.92. The van der Waals surface area contributed by atoms with Crippen LogP contribution in [0.4, 0.5) is 10.1 Å². The van der Waals surface area contributed by atoms with Crippen molar-refractivity contribution in [3.63, 3.8) is 0 Å². The van der Waals surface area contributed by atoms with Crippen LogP contribution in [0.15, 0.2) is 24.3 Å². The maximum atomic E-state index is 14.1. The number of carbonyl (C=O) groups is 1. The van der Waals surface area contributed by atoms with Crippen LogP contribution in [0.5, 0.6) is 0 Å².